The summed E-state index contributed by atoms with van der Waals surface area (Å²) in [5, 5.41) is 0. The number of likely N-dealkylation sites (N-methyl/N-ethyl adjacent to an activating group) is 2. The summed E-state index contributed by atoms with van der Waals surface area (Å²) < 4.78 is 5.37. The Morgan fingerprint density at radius 3 is 2.09 bits per heavy atom. The van der Waals surface area contributed by atoms with Crippen LogP contribution >= 0.6 is 0 Å². The quantitative estimate of drug-likeness (QED) is 0.830. The third kappa shape index (κ3) is 5.34. The lowest BCUT2D eigenvalue weighted by molar-refractivity contribution is 0.0275. The first-order valence-corrected chi connectivity index (χ1v) is 7.70. The minimum atomic E-state index is -0.292. The van der Waals surface area contributed by atoms with Crippen LogP contribution < -0.4 is 0 Å². The van der Waals surface area contributed by atoms with E-state index in [0.29, 0.717) is 13.2 Å². The third-order valence-electron chi connectivity index (χ3n) is 4.06. The topological polar surface area (TPSA) is 32.8 Å². The van der Waals surface area contributed by atoms with E-state index in [0.717, 1.165) is 5.56 Å². The van der Waals surface area contributed by atoms with Crippen molar-refractivity contribution in [3.05, 3.63) is 35.9 Å². The van der Waals surface area contributed by atoms with Crippen molar-refractivity contribution in [3.8, 4) is 0 Å². The Morgan fingerprint density at radius 2 is 1.59 bits per heavy atom. The van der Waals surface area contributed by atoms with Crippen LogP contribution in [0.15, 0.2) is 30.3 Å². The summed E-state index contributed by atoms with van der Waals surface area (Å²) in [6.45, 7) is 11.7. The highest BCUT2D eigenvalue weighted by Gasteiger charge is 2.33. The van der Waals surface area contributed by atoms with Gasteiger partial charge in [0.1, 0.15) is 6.61 Å². The van der Waals surface area contributed by atoms with E-state index < -0.39 is 0 Å². The molecule has 0 bridgehead atoms. The minimum Gasteiger partial charge on any atom is -0.445 e. The first-order chi connectivity index (χ1) is 10.0. The zero-order valence-corrected chi connectivity index (χ0v) is 15.0. The van der Waals surface area contributed by atoms with Gasteiger partial charge in [0, 0.05) is 24.7 Å². The molecular formula is C18H30N2O2. The lowest BCUT2D eigenvalue weighted by Gasteiger charge is -2.45. The van der Waals surface area contributed by atoms with E-state index in [2.05, 4.69) is 46.6 Å². The Labute approximate surface area is 135 Å². The molecule has 4 nitrogen and oxygen atoms in total. The van der Waals surface area contributed by atoms with Crippen molar-refractivity contribution in [3.63, 3.8) is 0 Å². The molecule has 0 saturated heterocycles. The predicted octanol–water partition coefficient (Wildman–Crippen LogP) is 3.76. The fourth-order valence-electron chi connectivity index (χ4n) is 2.49. The SMILES string of the molecule is CN(CC(C)(C)N(C)C(C)(C)C)C(=O)OCc1ccccc1. The zero-order chi connectivity index (χ0) is 17.0. The van der Waals surface area contributed by atoms with Gasteiger partial charge in [0.15, 0.2) is 0 Å². The monoisotopic (exact) mass is 306 g/mol. The molecule has 0 aliphatic heterocycles. The second-order valence-corrected chi connectivity index (χ2v) is 7.44. The summed E-state index contributed by atoms with van der Waals surface area (Å²) in [6, 6.07) is 9.72. The van der Waals surface area contributed by atoms with Gasteiger partial charge in [-0.05, 0) is 47.2 Å². The van der Waals surface area contributed by atoms with Gasteiger partial charge in [0.2, 0.25) is 0 Å². The fourth-order valence-corrected chi connectivity index (χ4v) is 2.49. The van der Waals surface area contributed by atoms with Crippen molar-refractivity contribution < 1.29 is 9.53 Å². The summed E-state index contributed by atoms with van der Waals surface area (Å²) in [7, 11) is 3.87. The van der Waals surface area contributed by atoms with E-state index >= 15 is 0 Å². The highest BCUT2D eigenvalue weighted by atomic mass is 16.6. The maximum atomic E-state index is 12.2. The molecule has 0 radical (unpaired) electrons. The fraction of sp³-hybridized carbons (Fsp3) is 0.611. The summed E-state index contributed by atoms with van der Waals surface area (Å²) >= 11 is 0. The Bertz CT molecular complexity index is 478. The van der Waals surface area contributed by atoms with Gasteiger partial charge < -0.3 is 9.64 Å². The Hall–Kier alpha value is -1.55. The van der Waals surface area contributed by atoms with E-state index in [9.17, 15) is 4.79 Å². The van der Waals surface area contributed by atoms with E-state index in [1.807, 2.05) is 30.3 Å². The molecule has 0 N–H and O–H groups in total. The first kappa shape index (κ1) is 18.5. The molecule has 0 unspecified atom stereocenters. The van der Waals surface area contributed by atoms with Crippen molar-refractivity contribution >= 4 is 6.09 Å². The van der Waals surface area contributed by atoms with Crippen molar-refractivity contribution in [2.24, 2.45) is 0 Å². The summed E-state index contributed by atoms with van der Waals surface area (Å²) in [6.07, 6.45) is -0.292. The second kappa shape index (κ2) is 7.14. The summed E-state index contributed by atoms with van der Waals surface area (Å²) in [5.41, 5.74) is 0.896. The number of nitrogens with zero attached hydrogens (tertiary/aromatic N) is 2. The van der Waals surface area contributed by atoms with E-state index in [-0.39, 0.29) is 17.2 Å². The average molecular weight is 306 g/mol. The summed E-state index contributed by atoms with van der Waals surface area (Å²) in [5.74, 6) is 0. The van der Waals surface area contributed by atoms with Crippen LogP contribution in [-0.2, 0) is 11.3 Å². The van der Waals surface area contributed by atoms with Crippen LogP contribution in [0.3, 0.4) is 0 Å². The van der Waals surface area contributed by atoms with Crippen LogP contribution in [0.5, 0.6) is 0 Å². The van der Waals surface area contributed by atoms with Gasteiger partial charge in [-0.1, -0.05) is 30.3 Å². The maximum absolute atomic E-state index is 12.2. The van der Waals surface area contributed by atoms with Gasteiger partial charge in [-0.25, -0.2) is 4.79 Å². The molecule has 0 atom stereocenters. The predicted molar refractivity (Wildman–Crippen MR) is 90.9 cm³/mol. The molecule has 0 spiro atoms. The molecule has 1 aromatic rings. The molecule has 124 valence electrons. The number of hydrogen-bond donors (Lipinski definition) is 0. The van der Waals surface area contributed by atoms with E-state index in [4.69, 9.17) is 4.74 Å². The smallest absolute Gasteiger partial charge is 0.409 e. The Balaban J connectivity index is 2.56. The highest BCUT2D eigenvalue weighted by Crippen LogP contribution is 2.23. The molecule has 1 amide bonds. The first-order valence-electron chi connectivity index (χ1n) is 7.70. The lowest BCUT2D eigenvalue weighted by Crippen LogP contribution is -2.57. The van der Waals surface area contributed by atoms with Gasteiger partial charge in [-0.15, -0.1) is 0 Å². The van der Waals surface area contributed by atoms with Gasteiger partial charge in [0.25, 0.3) is 0 Å². The molecule has 1 aromatic carbocycles. The van der Waals surface area contributed by atoms with Crippen molar-refractivity contribution in [2.45, 2.75) is 52.3 Å². The molecule has 1 rings (SSSR count). The molecule has 22 heavy (non-hydrogen) atoms. The number of rotatable bonds is 5. The largest absolute Gasteiger partial charge is 0.445 e. The number of amides is 1. The normalized spacial score (nSPS) is 12.4. The minimum absolute atomic E-state index is 0.0400. The molecule has 4 heteroatoms. The van der Waals surface area contributed by atoms with Crippen molar-refractivity contribution in [1.82, 2.24) is 9.80 Å². The number of hydrogen-bond acceptors (Lipinski definition) is 3. The Kier molecular flexibility index (Phi) is 6.00. The average Bonchev–Trinajstić information content (AvgIpc) is 2.43. The Morgan fingerprint density at radius 1 is 1.05 bits per heavy atom. The molecule has 0 heterocycles. The molecule has 0 aliphatic carbocycles. The van der Waals surface area contributed by atoms with Gasteiger partial charge >= 0.3 is 6.09 Å². The number of ether oxygens (including phenoxy) is 1. The zero-order valence-electron chi connectivity index (χ0n) is 15.0. The van der Waals surface area contributed by atoms with Crippen LogP contribution in [-0.4, -0.2) is 47.6 Å². The third-order valence-corrected chi connectivity index (χ3v) is 4.06. The molecule has 0 aromatic heterocycles. The van der Waals surface area contributed by atoms with E-state index in [1.165, 1.54) is 0 Å². The molecular weight excluding hydrogens is 276 g/mol. The number of benzene rings is 1. The molecule has 0 fully saturated rings. The van der Waals surface area contributed by atoms with Crippen molar-refractivity contribution in [2.75, 3.05) is 20.6 Å². The highest BCUT2D eigenvalue weighted by molar-refractivity contribution is 5.67. The molecule has 0 saturated carbocycles. The van der Waals surface area contributed by atoms with Crippen LogP contribution in [0.1, 0.15) is 40.2 Å². The summed E-state index contributed by atoms with van der Waals surface area (Å²) in [4.78, 5) is 16.1. The maximum Gasteiger partial charge on any atom is 0.409 e. The lowest BCUT2D eigenvalue weighted by atomic mass is 9.95. The van der Waals surface area contributed by atoms with Crippen LogP contribution in [0.4, 0.5) is 4.79 Å². The van der Waals surface area contributed by atoms with Crippen molar-refractivity contribution in [1.29, 1.82) is 0 Å². The van der Waals surface area contributed by atoms with Crippen LogP contribution in [0.2, 0.25) is 0 Å². The van der Waals surface area contributed by atoms with Crippen LogP contribution in [0, 0.1) is 0 Å². The van der Waals surface area contributed by atoms with Gasteiger partial charge in [0.05, 0.1) is 0 Å². The standard InChI is InChI=1S/C18H30N2O2/c1-17(2,3)20(7)18(4,5)14-19(6)16(21)22-13-15-11-9-8-10-12-15/h8-12H,13-14H2,1-7H3. The second-order valence-electron chi connectivity index (χ2n) is 7.44. The molecule has 0 aliphatic rings. The number of carbonyl (C=O) groups is 1. The van der Waals surface area contributed by atoms with E-state index in [1.54, 1.807) is 11.9 Å². The van der Waals surface area contributed by atoms with Gasteiger partial charge in [-0.3, -0.25) is 4.90 Å². The number of carbonyl (C=O) groups excluding carboxylic acids is 1. The van der Waals surface area contributed by atoms with Crippen LogP contribution in [0.25, 0.3) is 0 Å². The van der Waals surface area contributed by atoms with Gasteiger partial charge in [-0.2, -0.15) is 0 Å².